The SMILES string of the molecule is CC(C)SCc1cc2ccccc2o1. The van der Waals surface area contributed by atoms with Gasteiger partial charge in [0.2, 0.25) is 0 Å². The number of furan rings is 1. The summed E-state index contributed by atoms with van der Waals surface area (Å²) in [6.07, 6.45) is 0. The van der Waals surface area contributed by atoms with Crippen LogP contribution >= 0.6 is 11.8 Å². The van der Waals surface area contributed by atoms with E-state index in [1.165, 1.54) is 5.39 Å². The maximum Gasteiger partial charge on any atom is 0.134 e. The molecule has 0 unspecified atom stereocenters. The van der Waals surface area contributed by atoms with Crippen molar-refractivity contribution in [3.8, 4) is 0 Å². The first kappa shape index (κ1) is 9.66. The molecular formula is C12H14OS. The lowest BCUT2D eigenvalue weighted by atomic mass is 10.2. The highest BCUT2D eigenvalue weighted by molar-refractivity contribution is 7.99. The third kappa shape index (κ3) is 2.13. The van der Waals surface area contributed by atoms with Crippen LogP contribution < -0.4 is 0 Å². The number of para-hydroxylation sites is 1. The third-order valence-electron chi connectivity index (χ3n) is 2.04. The smallest absolute Gasteiger partial charge is 0.134 e. The summed E-state index contributed by atoms with van der Waals surface area (Å²) in [5.41, 5.74) is 0.992. The monoisotopic (exact) mass is 206 g/mol. The molecule has 0 spiro atoms. The molecule has 1 aromatic heterocycles. The molecule has 0 radical (unpaired) electrons. The van der Waals surface area contributed by atoms with Crippen molar-refractivity contribution in [2.45, 2.75) is 24.9 Å². The van der Waals surface area contributed by atoms with Crippen molar-refractivity contribution in [1.29, 1.82) is 0 Å². The van der Waals surface area contributed by atoms with Crippen LogP contribution in [-0.2, 0) is 5.75 Å². The van der Waals surface area contributed by atoms with Gasteiger partial charge in [-0.1, -0.05) is 32.0 Å². The van der Waals surface area contributed by atoms with Crippen molar-refractivity contribution >= 4 is 22.7 Å². The highest BCUT2D eigenvalue weighted by Crippen LogP contribution is 2.23. The van der Waals surface area contributed by atoms with Crippen LogP contribution in [0.5, 0.6) is 0 Å². The summed E-state index contributed by atoms with van der Waals surface area (Å²) in [7, 11) is 0. The maximum absolute atomic E-state index is 5.70. The van der Waals surface area contributed by atoms with Crippen molar-refractivity contribution in [2.24, 2.45) is 0 Å². The second-order valence-corrected chi connectivity index (χ2v) is 5.18. The minimum atomic E-state index is 0.656. The van der Waals surface area contributed by atoms with Gasteiger partial charge in [0.25, 0.3) is 0 Å². The molecule has 14 heavy (non-hydrogen) atoms. The van der Waals surface area contributed by atoms with Gasteiger partial charge in [-0.05, 0) is 17.4 Å². The molecule has 0 N–H and O–H groups in total. The van der Waals surface area contributed by atoms with Crippen molar-refractivity contribution in [1.82, 2.24) is 0 Å². The molecule has 0 saturated carbocycles. The van der Waals surface area contributed by atoms with Gasteiger partial charge in [0, 0.05) is 5.39 Å². The summed E-state index contributed by atoms with van der Waals surface area (Å²) in [4.78, 5) is 0. The van der Waals surface area contributed by atoms with Crippen molar-refractivity contribution in [3.05, 3.63) is 36.1 Å². The molecule has 0 aliphatic rings. The molecule has 2 rings (SSSR count). The van der Waals surface area contributed by atoms with Gasteiger partial charge in [0.05, 0.1) is 5.75 Å². The van der Waals surface area contributed by atoms with Gasteiger partial charge in [-0.25, -0.2) is 0 Å². The van der Waals surface area contributed by atoms with E-state index in [0.717, 1.165) is 17.1 Å². The first-order valence-electron chi connectivity index (χ1n) is 4.85. The summed E-state index contributed by atoms with van der Waals surface area (Å²) < 4.78 is 5.70. The molecule has 0 aliphatic carbocycles. The third-order valence-corrected chi connectivity index (χ3v) is 3.15. The lowest BCUT2D eigenvalue weighted by Gasteiger charge is -2.00. The van der Waals surface area contributed by atoms with Crippen LogP contribution in [0.25, 0.3) is 11.0 Å². The van der Waals surface area contributed by atoms with Crippen LogP contribution in [0, 0.1) is 0 Å². The molecule has 0 saturated heterocycles. The lowest BCUT2D eigenvalue weighted by Crippen LogP contribution is -1.86. The molecule has 2 aromatic rings. The molecule has 2 heteroatoms. The van der Waals surface area contributed by atoms with Gasteiger partial charge < -0.3 is 4.42 Å². The first-order valence-corrected chi connectivity index (χ1v) is 5.89. The minimum Gasteiger partial charge on any atom is -0.460 e. The molecule has 1 heterocycles. The highest BCUT2D eigenvalue weighted by atomic mass is 32.2. The minimum absolute atomic E-state index is 0.656. The zero-order valence-electron chi connectivity index (χ0n) is 8.49. The normalized spacial score (nSPS) is 11.4. The topological polar surface area (TPSA) is 13.1 Å². The second kappa shape index (κ2) is 4.09. The summed E-state index contributed by atoms with van der Waals surface area (Å²) in [5.74, 6) is 2.04. The molecule has 0 amide bonds. The van der Waals surface area contributed by atoms with Crippen LogP contribution in [0.15, 0.2) is 34.7 Å². The molecule has 0 aliphatic heterocycles. The average Bonchev–Trinajstić information content (AvgIpc) is 2.57. The second-order valence-electron chi connectivity index (χ2n) is 3.61. The molecule has 1 nitrogen and oxygen atoms in total. The van der Waals surface area contributed by atoms with Gasteiger partial charge in [-0.3, -0.25) is 0 Å². The number of thioether (sulfide) groups is 1. The largest absolute Gasteiger partial charge is 0.460 e. The fraction of sp³-hybridized carbons (Fsp3) is 0.333. The Kier molecular flexibility index (Phi) is 2.82. The predicted octanol–water partition coefficient (Wildman–Crippen LogP) is 4.07. The van der Waals surface area contributed by atoms with E-state index in [2.05, 4.69) is 26.0 Å². The Morgan fingerprint density at radius 3 is 2.79 bits per heavy atom. The Labute approximate surface area is 88.5 Å². The summed E-state index contributed by atoms with van der Waals surface area (Å²) >= 11 is 1.91. The number of hydrogen-bond donors (Lipinski definition) is 0. The number of hydrogen-bond acceptors (Lipinski definition) is 2. The van der Waals surface area contributed by atoms with E-state index < -0.39 is 0 Å². The van der Waals surface area contributed by atoms with E-state index >= 15 is 0 Å². The Morgan fingerprint density at radius 2 is 2.07 bits per heavy atom. The fourth-order valence-corrected chi connectivity index (χ4v) is 2.00. The van der Waals surface area contributed by atoms with Crippen LogP contribution in [0.4, 0.5) is 0 Å². The standard InChI is InChI=1S/C12H14OS/c1-9(2)14-8-11-7-10-5-3-4-6-12(10)13-11/h3-7,9H,8H2,1-2H3. The summed E-state index contributed by atoms with van der Waals surface area (Å²) in [6.45, 7) is 4.40. The van der Waals surface area contributed by atoms with E-state index in [1.807, 2.05) is 30.0 Å². The maximum atomic E-state index is 5.70. The average molecular weight is 206 g/mol. The van der Waals surface area contributed by atoms with Crippen LogP contribution in [0.1, 0.15) is 19.6 Å². The zero-order valence-corrected chi connectivity index (χ0v) is 9.30. The van der Waals surface area contributed by atoms with Crippen LogP contribution in [0.2, 0.25) is 0 Å². The Hall–Kier alpha value is -0.890. The van der Waals surface area contributed by atoms with E-state index in [4.69, 9.17) is 4.42 Å². The highest BCUT2D eigenvalue weighted by Gasteiger charge is 2.03. The van der Waals surface area contributed by atoms with Crippen molar-refractivity contribution in [2.75, 3.05) is 0 Å². The molecule has 74 valence electrons. The van der Waals surface area contributed by atoms with Crippen LogP contribution in [0.3, 0.4) is 0 Å². The number of fused-ring (bicyclic) bond motifs is 1. The van der Waals surface area contributed by atoms with E-state index in [0.29, 0.717) is 5.25 Å². The number of rotatable bonds is 3. The molecule has 1 aromatic carbocycles. The Bertz CT molecular complexity index is 384. The van der Waals surface area contributed by atoms with Gasteiger partial charge in [0.15, 0.2) is 0 Å². The first-order chi connectivity index (χ1) is 6.75. The molecular weight excluding hydrogens is 192 g/mol. The summed E-state index contributed by atoms with van der Waals surface area (Å²) in [5, 5.41) is 1.86. The van der Waals surface area contributed by atoms with Crippen molar-refractivity contribution < 1.29 is 4.42 Å². The Morgan fingerprint density at radius 1 is 1.29 bits per heavy atom. The quantitative estimate of drug-likeness (QED) is 0.750. The lowest BCUT2D eigenvalue weighted by molar-refractivity contribution is 0.574. The van der Waals surface area contributed by atoms with Gasteiger partial charge in [-0.2, -0.15) is 11.8 Å². The summed E-state index contributed by atoms with van der Waals surface area (Å²) in [6, 6.07) is 10.3. The molecule has 0 bridgehead atoms. The van der Waals surface area contributed by atoms with E-state index in [9.17, 15) is 0 Å². The van der Waals surface area contributed by atoms with Gasteiger partial charge in [0.1, 0.15) is 11.3 Å². The predicted molar refractivity (Wildman–Crippen MR) is 62.6 cm³/mol. The van der Waals surface area contributed by atoms with Crippen LogP contribution in [-0.4, -0.2) is 5.25 Å². The fourth-order valence-electron chi connectivity index (χ4n) is 1.36. The molecule has 0 fully saturated rings. The van der Waals surface area contributed by atoms with Crippen molar-refractivity contribution in [3.63, 3.8) is 0 Å². The van der Waals surface area contributed by atoms with E-state index in [-0.39, 0.29) is 0 Å². The Balaban J connectivity index is 2.19. The van der Waals surface area contributed by atoms with E-state index in [1.54, 1.807) is 0 Å². The number of benzene rings is 1. The zero-order chi connectivity index (χ0) is 9.97. The van der Waals surface area contributed by atoms with Gasteiger partial charge in [-0.15, -0.1) is 0 Å². The molecule has 0 atom stereocenters. The van der Waals surface area contributed by atoms with Gasteiger partial charge >= 0.3 is 0 Å².